The van der Waals surface area contributed by atoms with Crippen molar-refractivity contribution in [2.75, 3.05) is 6.61 Å². The van der Waals surface area contributed by atoms with Crippen LogP contribution in [0, 0.1) is 5.41 Å². The molecule has 0 aromatic rings. The van der Waals surface area contributed by atoms with Gasteiger partial charge in [0.25, 0.3) is 0 Å². The van der Waals surface area contributed by atoms with Crippen LogP contribution in [0.3, 0.4) is 0 Å². The number of hydrogen-bond donors (Lipinski definition) is 1. The zero-order valence-electron chi connectivity index (χ0n) is 8.42. The van der Waals surface area contributed by atoms with E-state index in [-0.39, 0.29) is 23.8 Å². The lowest BCUT2D eigenvalue weighted by atomic mass is 9.60. The lowest BCUT2D eigenvalue weighted by molar-refractivity contribution is -0.158. The molecule has 0 aromatic heterocycles. The molecule has 1 aliphatic rings. The molecule has 0 aliphatic heterocycles. The zero-order valence-corrected chi connectivity index (χ0v) is 9.24. The molecule has 13 heavy (non-hydrogen) atoms. The van der Waals surface area contributed by atoms with Crippen LogP contribution in [0.5, 0.6) is 0 Å². The summed E-state index contributed by atoms with van der Waals surface area (Å²) in [5.41, 5.74) is 5.35. The molecule has 0 amide bonds. The summed E-state index contributed by atoms with van der Waals surface area (Å²) in [6.45, 7) is 6.43. The fourth-order valence-corrected chi connectivity index (χ4v) is 2.08. The Morgan fingerprint density at radius 2 is 1.92 bits per heavy atom. The maximum atomic E-state index is 11.3. The summed E-state index contributed by atoms with van der Waals surface area (Å²) in [5, 5.41) is 0. The molecule has 1 rings (SSSR count). The Morgan fingerprint density at radius 1 is 1.46 bits per heavy atom. The van der Waals surface area contributed by atoms with Crippen LogP contribution in [0.1, 0.15) is 33.6 Å². The second-order valence-electron chi connectivity index (χ2n) is 4.39. The van der Waals surface area contributed by atoms with Gasteiger partial charge in [-0.1, -0.05) is 13.8 Å². The SMILES string of the molecule is CCOC(=O)C1(N)CC(C)(C)C1.Cl. The van der Waals surface area contributed by atoms with Crippen LogP contribution >= 0.6 is 12.4 Å². The van der Waals surface area contributed by atoms with Gasteiger partial charge in [-0.05, 0) is 25.2 Å². The predicted molar refractivity (Wildman–Crippen MR) is 53.8 cm³/mol. The van der Waals surface area contributed by atoms with E-state index in [0.29, 0.717) is 6.61 Å². The molecule has 4 heteroatoms. The van der Waals surface area contributed by atoms with Crippen LogP contribution < -0.4 is 5.73 Å². The first-order valence-electron chi connectivity index (χ1n) is 4.36. The van der Waals surface area contributed by atoms with Gasteiger partial charge in [0.2, 0.25) is 0 Å². The maximum absolute atomic E-state index is 11.3. The quantitative estimate of drug-likeness (QED) is 0.699. The Morgan fingerprint density at radius 3 is 2.23 bits per heavy atom. The first kappa shape index (κ1) is 12.7. The van der Waals surface area contributed by atoms with Gasteiger partial charge in [0.05, 0.1) is 6.61 Å². The van der Waals surface area contributed by atoms with Crippen molar-refractivity contribution < 1.29 is 9.53 Å². The minimum absolute atomic E-state index is 0. The topological polar surface area (TPSA) is 52.3 Å². The van der Waals surface area contributed by atoms with Crippen LogP contribution in [0.4, 0.5) is 0 Å². The van der Waals surface area contributed by atoms with E-state index in [4.69, 9.17) is 10.5 Å². The summed E-state index contributed by atoms with van der Waals surface area (Å²) in [4.78, 5) is 11.3. The first-order chi connectivity index (χ1) is 5.40. The van der Waals surface area contributed by atoms with Crippen molar-refractivity contribution in [1.82, 2.24) is 0 Å². The van der Waals surface area contributed by atoms with Crippen molar-refractivity contribution in [2.45, 2.75) is 39.2 Å². The van der Waals surface area contributed by atoms with Gasteiger partial charge in [0.15, 0.2) is 0 Å². The Kier molecular flexibility index (Phi) is 3.76. The van der Waals surface area contributed by atoms with Crippen molar-refractivity contribution in [1.29, 1.82) is 0 Å². The molecule has 0 saturated heterocycles. The predicted octanol–water partition coefficient (Wildman–Crippen LogP) is 1.49. The molecule has 0 atom stereocenters. The highest BCUT2D eigenvalue weighted by Gasteiger charge is 2.52. The minimum atomic E-state index is -0.695. The van der Waals surface area contributed by atoms with E-state index < -0.39 is 5.54 Å². The summed E-state index contributed by atoms with van der Waals surface area (Å²) in [5.74, 6) is -0.246. The summed E-state index contributed by atoms with van der Waals surface area (Å²) in [6.07, 6.45) is 1.47. The molecule has 1 aliphatic carbocycles. The smallest absolute Gasteiger partial charge is 0.326 e. The number of ether oxygens (including phenoxy) is 1. The van der Waals surface area contributed by atoms with Crippen molar-refractivity contribution in [3.63, 3.8) is 0 Å². The number of hydrogen-bond acceptors (Lipinski definition) is 3. The third-order valence-electron chi connectivity index (χ3n) is 2.27. The molecule has 0 aromatic carbocycles. The van der Waals surface area contributed by atoms with Gasteiger partial charge in [-0.15, -0.1) is 12.4 Å². The molecular weight excluding hydrogens is 190 g/mol. The minimum Gasteiger partial charge on any atom is -0.465 e. The second-order valence-corrected chi connectivity index (χ2v) is 4.39. The van der Waals surface area contributed by atoms with E-state index in [1.54, 1.807) is 6.92 Å². The monoisotopic (exact) mass is 207 g/mol. The molecule has 0 spiro atoms. The zero-order chi connectivity index (χ0) is 9.41. The van der Waals surface area contributed by atoms with Gasteiger partial charge in [-0.3, -0.25) is 4.79 Å². The Bertz CT molecular complexity index is 196. The average molecular weight is 208 g/mol. The third kappa shape index (κ3) is 2.58. The maximum Gasteiger partial charge on any atom is 0.326 e. The molecule has 0 unspecified atom stereocenters. The van der Waals surface area contributed by atoms with Gasteiger partial charge in [0, 0.05) is 0 Å². The number of rotatable bonds is 2. The van der Waals surface area contributed by atoms with E-state index >= 15 is 0 Å². The number of halogens is 1. The van der Waals surface area contributed by atoms with Gasteiger partial charge >= 0.3 is 5.97 Å². The molecule has 0 heterocycles. The fourth-order valence-electron chi connectivity index (χ4n) is 2.08. The summed E-state index contributed by atoms with van der Waals surface area (Å²) in [7, 11) is 0. The van der Waals surface area contributed by atoms with E-state index in [2.05, 4.69) is 13.8 Å². The van der Waals surface area contributed by atoms with Crippen LogP contribution in [0.15, 0.2) is 0 Å². The summed E-state index contributed by atoms with van der Waals surface area (Å²) in [6, 6.07) is 0. The molecule has 78 valence electrons. The summed E-state index contributed by atoms with van der Waals surface area (Å²) >= 11 is 0. The molecule has 3 nitrogen and oxygen atoms in total. The highest BCUT2D eigenvalue weighted by molar-refractivity contribution is 5.85. The molecule has 1 saturated carbocycles. The Hall–Kier alpha value is -0.280. The van der Waals surface area contributed by atoms with E-state index in [1.807, 2.05) is 0 Å². The molecule has 0 radical (unpaired) electrons. The molecule has 2 N–H and O–H groups in total. The lowest BCUT2D eigenvalue weighted by Gasteiger charge is -2.48. The van der Waals surface area contributed by atoms with Crippen molar-refractivity contribution >= 4 is 18.4 Å². The van der Waals surface area contributed by atoms with Gasteiger partial charge in [0.1, 0.15) is 5.54 Å². The number of carbonyl (C=O) groups is 1. The first-order valence-corrected chi connectivity index (χ1v) is 4.36. The lowest BCUT2D eigenvalue weighted by Crippen LogP contribution is -2.61. The molecule has 0 bridgehead atoms. The van der Waals surface area contributed by atoms with E-state index in [1.165, 1.54) is 0 Å². The van der Waals surface area contributed by atoms with Crippen LogP contribution in [-0.4, -0.2) is 18.1 Å². The third-order valence-corrected chi connectivity index (χ3v) is 2.27. The van der Waals surface area contributed by atoms with Crippen LogP contribution in [0.25, 0.3) is 0 Å². The van der Waals surface area contributed by atoms with Crippen LogP contribution in [0.2, 0.25) is 0 Å². The summed E-state index contributed by atoms with van der Waals surface area (Å²) < 4.78 is 4.88. The Labute approximate surface area is 85.4 Å². The van der Waals surface area contributed by atoms with E-state index in [0.717, 1.165) is 12.8 Å². The Balaban J connectivity index is 0.00000144. The number of carbonyl (C=O) groups excluding carboxylic acids is 1. The highest BCUT2D eigenvalue weighted by Crippen LogP contribution is 2.46. The van der Waals surface area contributed by atoms with Crippen molar-refractivity contribution in [3.05, 3.63) is 0 Å². The molecular formula is C9H18ClNO2. The van der Waals surface area contributed by atoms with Gasteiger partial charge in [-0.2, -0.15) is 0 Å². The van der Waals surface area contributed by atoms with Crippen LogP contribution in [-0.2, 0) is 9.53 Å². The van der Waals surface area contributed by atoms with Gasteiger partial charge in [-0.25, -0.2) is 0 Å². The van der Waals surface area contributed by atoms with E-state index in [9.17, 15) is 4.79 Å². The number of nitrogens with two attached hydrogens (primary N) is 1. The molecule has 1 fully saturated rings. The second kappa shape index (κ2) is 3.84. The largest absolute Gasteiger partial charge is 0.465 e. The normalized spacial score (nSPS) is 22.5. The average Bonchev–Trinajstić information content (AvgIpc) is 1.83. The highest BCUT2D eigenvalue weighted by atomic mass is 35.5. The fraction of sp³-hybridized carbons (Fsp3) is 0.889. The van der Waals surface area contributed by atoms with Crippen molar-refractivity contribution in [3.8, 4) is 0 Å². The standard InChI is InChI=1S/C9H17NO2.ClH/c1-4-12-7(11)9(10)5-8(2,3)6-9;/h4-6,10H2,1-3H3;1H. The van der Waals surface area contributed by atoms with Crippen molar-refractivity contribution in [2.24, 2.45) is 11.1 Å². The van der Waals surface area contributed by atoms with Gasteiger partial charge < -0.3 is 10.5 Å². The number of esters is 1.